The largest absolute Gasteiger partial charge is 0.416 e. The monoisotopic (exact) mass is 428 g/mol. The first-order chi connectivity index (χ1) is 14.0. The normalized spacial score (nSPS) is 26.5. The third-order valence-corrected chi connectivity index (χ3v) is 6.25. The fourth-order valence-electron chi connectivity index (χ4n) is 4.31. The van der Waals surface area contributed by atoms with Gasteiger partial charge in [0.05, 0.1) is 16.7 Å². The van der Waals surface area contributed by atoms with Crippen LogP contribution in [-0.4, -0.2) is 58.8 Å². The first-order valence-corrected chi connectivity index (χ1v) is 10.1. The van der Waals surface area contributed by atoms with Crippen molar-refractivity contribution in [3.63, 3.8) is 0 Å². The van der Waals surface area contributed by atoms with Gasteiger partial charge in [-0.25, -0.2) is 0 Å². The molecule has 9 heteroatoms. The van der Waals surface area contributed by atoms with Crippen molar-refractivity contribution in [3.05, 3.63) is 35.4 Å². The maximum absolute atomic E-state index is 12.7. The Labute approximate surface area is 173 Å². The third-order valence-electron chi connectivity index (χ3n) is 6.25. The van der Waals surface area contributed by atoms with Crippen LogP contribution in [0.1, 0.15) is 55.5 Å². The second kappa shape index (κ2) is 8.19. The second-order valence-corrected chi connectivity index (χ2v) is 8.25. The van der Waals surface area contributed by atoms with Gasteiger partial charge in [-0.1, -0.05) is 6.92 Å². The maximum atomic E-state index is 12.7. The van der Waals surface area contributed by atoms with Crippen LogP contribution in [0.2, 0.25) is 0 Å². The minimum Gasteiger partial charge on any atom is -0.388 e. The molecule has 30 heavy (non-hydrogen) atoms. The lowest BCUT2D eigenvalue weighted by atomic mass is 9.73. The minimum absolute atomic E-state index is 0.0496. The van der Waals surface area contributed by atoms with Crippen molar-refractivity contribution >= 4 is 11.8 Å². The number of ether oxygens (including phenoxy) is 1. The quantitative estimate of drug-likeness (QED) is 0.776. The number of amides is 2. The highest BCUT2D eigenvalue weighted by Crippen LogP contribution is 2.40. The molecule has 1 aromatic rings. The molecule has 0 unspecified atom stereocenters. The zero-order valence-corrected chi connectivity index (χ0v) is 17.1. The number of carbonyl (C=O) groups is 2. The summed E-state index contributed by atoms with van der Waals surface area (Å²) in [6, 6.07) is 3.97. The molecular formula is C21H27F3N2O4. The van der Waals surface area contributed by atoms with Crippen LogP contribution in [0, 0.1) is 0 Å². The highest BCUT2D eigenvalue weighted by atomic mass is 19.4. The number of likely N-dealkylation sites (tertiary alicyclic amines) is 1. The molecule has 2 saturated heterocycles. The molecule has 0 aliphatic carbocycles. The van der Waals surface area contributed by atoms with Gasteiger partial charge >= 0.3 is 6.18 Å². The molecular weight excluding hydrogens is 401 g/mol. The number of aliphatic hydroxyl groups excluding tert-OH is 1. The molecule has 2 fully saturated rings. The van der Waals surface area contributed by atoms with Gasteiger partial charge in [0, 0.05) is 31.7 Å². The van der Waals surface area contributed by atoms with Gasteiger partial charge in [0.15, 0.2) is 0 Å². The number of rotatable bonds is 3. The Morgan fingerprint density at radius 3 is 2.33 bits per heavy atom. The van der Waals surface area contributed by atoms with Crippen LogP contribution in [0.25, 0.3) is 0 Å². The molecule has 0 aromatic heterocycles. The van der Waals surface area contributed by atoms with Gasteiger partial charge in [0.2, 0.25) is 5.91 Å². The zero-order valence-electron chi connectivity index (χ0n) is 17.1. The van der Waals surface area contributed by atoms with E-state index in [9.17, 15) is 27.9 Å². The summed E-state index contributed by atoms with van der Waals surface area (Å²) in [5.74, 6) is -0.505. The van der Waals surface area contributed by atoms with E-state index < -0.39 is 34.9 Å². The van der Waals surface area contributed by atoms with E-state index in [4.69, 9.17) is 4.74 Å². The zero-order chi connectivity index (χ0) is 22.2. The van der Waals surface area contributed by atoms with E-state index in [0.29, 0.717) is 45.4 Å². The number of hydrogen-bond donors (Lipinski definition) is 2. The van der Waals surface area contributed by atoms with Gasteiger partial charge < -0.3 is 20.1 Å². The van der Waals surface area contributed by atoms with Gasteiger partial charge in [-0.3, -0.25) is 9.59 Å². The van der Waals surface area contributed by atoms with Crippen LogP contribution in [0.5, 0.6) is 0 Å². The molecule has 0 bridgehead atoms. The average molecular weight is 428 g/mol. The van der Waals surface area contributed by atoms with Crippen LogP contribution in [0.4, 0.5) is 13.2 Å². The Kier molecular flexibility index (Phi) is 6.15. The molecule has 6 nitrogen and oxygen atoms in total. The summed E-state index contributed by atoms with van der Waals surface area (Å²) in [7, 11) is 0. The van der Waals surface area contributed by atoms with E-state index in [1.165, 1.54) is 0 Å². The number of nitrogens with one attached hydrogen (secondary N) is 1. The molecule has 2 N–H and O–H groups in total. The molecule has 2 aliphatic rings. The number of carbonyl (C=O) groups excluding carboxylic acids is 2. The van der Waals surface area contributed by atoms with Crippen molar-refractivity contribution in [2.75, 3.05) is 19.7 Å². The molecule has 0 radical (unpaired) electrons. The topological polar surface area (TPSA) is 78.9 Å². The summed E-state index contributed by atoms with van der Waals surface area (Å²) < 4.78 is 44.2. The lowest BCUT2D eigenvalue weighted by Crippen LogP contribution is -2.69. The number of piperidine rings is 1. The first kappa shape index (κ1) is 22.6. The molecule has 0 saturated carbocycles. The highest BCUT2D eigenvalue weighted by Gasteiger charge is 2.54. The molecule has 1 spiro atoms. The van der Waals surface area contributed by atoms with Crippen molar-refractivity contribution in [3.8, 4) is 0 Å². The Morgan fingerprint density at radius 1 is 1.20 bits per heavy atom. The van der Waals surface area contributed by atoms with Crippen molar-refractivity contribution in [1.29, 1.82) is 0 Å². The predicted molar refractivity (Wildman–Crippen MR) is 103 cm³/mol. The highest BCUT2D eigenvalue weighted by molar-refractivity contribution is 5.94. The van der Waals surface area contributed by atoms with E-state index in [2.05, 4.69) is 5.32 Å². The molecule has 2 amide bonds. The summed E-state index contributed by atoms with van der Waals surface area (Å²) in [4.78, 5) is 26.4. The number of aliphatic hydroxyl groups is 1. The van der Waals surface area contributed by atoms with E-state index >= 15 is 0 Å². The van der Waals surface area contributed by atoms with Crippen LogP contribution in [-0.2, 0) is 15.7 Å². The predicted octanol–water partition coefficient (Wildman–Crippen LogP) is 2.75. The Bertz CT molecular complexity index is 788. The van der Waals surface area contributed by atoms with Gasteiger partial charge in [-0.05, 0) is 50.5 Å². The van der Waals surface area contributed by atoms with Crippen LogP contribution < -0.4 is 5.32 Å². The lowest BCUT2D eigenvalue weighted by Gasteiger charge is -2.53. The molecule has 3 rings (SSSR count). The number of hydrogen-bond acceptors (Lipinski definition) is 4. The van der Waals surface area contributed by atoms with E-state index in [0.717, 1.165) is 24.3 Å². The van der Waals surface area contributed by atoms with Crippen molar-refractivity contribution in [1.82, 2.24) is 10.2 Å². The number of nitrogens with zero attached hydrogens (tertiary/aromatic N) is 1. The van der Waals surface area contributed by atoms with Crippen molar-refractivity contribution in [2.24, 2.45) is 0 Å². The molecule has 166 valence electrons. The standard InChI is InChI=1S/C21H27F3N2O4/c1-3-16(27)26-11-8-20(9-12-26)18(29)19(2,10-13-30-20)25-17(28)14-4-6-15(7-5-14)21(22,23)24/h4-7,18,29H,3,8-13H2,1-2H3,(H,25,28)/t18-,19+/m1/s1. The number of halogens is 3. The van der Waals surface area contributed by atoms with Crippen LogP contribution in [0.3, 0.4) is 0 Å². The van der Waals surface area contributed by atoms with E-state index in [-0.39, 0.29) is 11.5 Å². The summed E-state index contributed by atoms with van der Waals surface area (Å²) in [6.07, 6.45) is -3.82. The average Bonchev–Trinajstić information content (AvgIpc) is 2.71. The SMILES string of the molecule is CCC(=O)N1CCC2(CC1)OCC[C@](C)(NC(=O)c1ccc(C(F)(F)F)cc1)[C@H]2O. The molecule has 1 aromatic carbocycles. The second-order valence-electron chi connectivity index (χ2n) is 8.25. The first-order valence-electron chi connectivity index (χ1n) is 10.1. The molecule has 2 aliphatic heterocycles. The Balaban J connectivity index is 1.71. The fraction of sp³-hybridized carbons (Fsp3) is 0.619. The minimum atomic E-state index is -4.47. The van der Waals surface area contributed by atoms with Gasteiger partial charge in [-0.15, -0.1) is 0 Å². The summed E-state index contributed by atoms with van der Waals surface area (Å²) in [5.41, 5.74) is -2.62. The van der Waals surface area contributed by atoms with Crippen molar-refractivity contribution < 1.29 is 32.6 Å². The van der Waals surface area contributed by atoms with Crippen LogP contribution in [0.15, 0.2) is 24.3 Å². The fourth-order valence-corrected chi connectivity index (χ4v) is 4.31. The number of alkyl halides is 3. The Morgan fingerprint density at radius 2 is 1.80 bits per heavy atom. The van der Waals surface area contributed by atoms with E-state index in [1.54, 1.807) is 18.7 Å². The summed E-state index contributed by atoms with van der Waals surface area (Å²) in [6.45, 7) is 4.77. The lowest BCUT2D eigenvalue weighted by molar-refractivity contribution is -0.205. The van der Waals surface area contributed by atoms with Gasteiger partial charge in [0.1, 0.15) is 6.10 Å². The van der Waals surface area contributed by atoms with E-state index in [1.807, 2.05) is 0 Å². The smallest absolute Gasteiger partial charge is 0.388 e. The molecule has 2 heterocycles. The van der Waals surface area contributed by atoms with Crippen LogP contribution >= 0.6 is 0 Å². The number of benzene rings is 1. The summed E-state index contributed by atoms with van der Waals surface area (Å²) in [5, 5.41) is 13.9. The van der Waals surface area contributed by atoms with Gasteiger partial charge in [-0.2, -0.15) is 13.2 Å². The summed E-state index contributed by atoms with van der Waals surface area (Å²) >= 11 is 0. The molecule has 2 atom stereocenters. The van der Waals surface area contributed by atoms with Crippen molar-refractivity contribution in [2.45, 2.75) is 63.0 Å². The Hall–Kier alpha value is -2.13. The maximum Gasteiger partial charge on any atom is 0.416 e. The third kappa shape index (κ3) is 4.32. The van der Waals surface area contributed by atoms with Gasteiger partial charge in [0.25, 0.3) is 5.91 Å².